The summed E-state index contributed by atoms with van der Waals surface area (Å²) in [6.07, 6.45) is 2.08. The van der Waals surface area contributed by atoms with E-state index in [2.05, 4.69) is 10.0 Å². The number of fused-ring (bicyclic) bond motifs is 1. The minimum absolute atomic E-state index is 0.234. The van der Waals surface area contributed by atoms with Crippen LogP contribution in [0.5, 0.6) is 11.5 Å². The summed E-state index contributed by atoms with van der Waals surface area (Å²) in [7, 11) is -4.22. The average Bonchev–Trinajstić information content (AvgIpc) is 2.98. The molecule has 30 heavy (non-hydrogen) atoms. The predicted octanol–water partition coefficient (Wildman–Crippen LogP) is 3.37. The Bertz CT molecular complexity index is 1040. The Morgan fingerprint density at radius 3 is 2.57 bits per heavy atom. The van der Waals surface area contributed by atoms with Crippen LogP contribution in [-0.2, 0) is 14.8 Å². The van der Waals surface area contributed by atoms with Crippen molar-refractivity contribution in [3.05, 3.63) is 48.3 Å². The zero-order chi connectivity index (χ0) is 21.9. The highest BCUT2D eigenvalue weighted by molar-refractivity contribution is 7.98. The number of thioether (sulfide) groups is 1. The Balaban J connectivity index is 1.77. The zero-order valence-corrected chi connectivity index (χ0v) is 18.4. The second-order valence-corrected chi connectivity index (χ2v) is 9.81. The van der Waals surface area contributed by atoms with Gasteiger partial charge in [-0.25, -0.2) is 12.8 Å². The number of amides is 1. The molecule has 2 N–H and O–H groups in total. The van der Waals surface area contributed by atoms with Crippen LogP contribution in [0.4, 0.5) is 10.1 Å². The molecule has 2 aromatic rings. The van der Waals surface area contributed by atoms with Crippen molar-refractivity contribution in [2.45, 2.75) is 37.0 Å². The summed E-state index contributed by atoms with van der Waals surface area (Å²) in [5, 5.41) is 2.69. The molecule has 1 atom stereocenters. The molecule has 2 aromatic carbocycles. The quantitative estimate of drug-likeness (QED) is 0.635. The molecule has 10 heteroatoms. The molecule has 0 fully saturated rings. The standard InChI is InChI=1S/C20H23FN2O5S2/c1-20(2)27-16-9-8-13(12-17(16)28-20)22-19(24)15(10-11-29-3)23-30(25,26)18-7-5-4-6-14(18)21/h4-9,12,15,23H,10-11H2,1-3H3,(H,22,24). The first-order chi connectivity index (χ1) is 14.1. The topological polar surface area (TPSA) is 93.7 Å². The van der Waals surface area contributed by atoms with Gasteiger partial charge in [0.05, 0.1) is 0 Å². The van der Waals surface area contributed by atoms with E-state index in [1.807, 2.05) is 6.26 Å². The van der Waals surface area contributed by atoms with E-state index in [0.717, 1.165) is 12.1 Å². The van der Waals surface area contributed by atoms with Gasteiger partial charge in [0.15, 0.2) is 11.5 Å². The maximum Gasteiger partial charge on any atom is 0.246 e. The van der Waals surface area contributed by atoms with Crippen LogP contribution >= 0.6 is 11.8 Å². The van der Waals surface area contributed by atoms with Gasteiger partial charge in [0.1, 0.15) is 16.8 Å². The van der Waals surface area contributed by atoms with Crippen LogP contribution in [0, 0.1) is 5.82 Å². The molecule has 0 aliphatic carbocycles. The monoisotopic (exact) mass is 454 g/mol. The lowest BCUT2D eigenvalue weighted by Crippen LogP contribution is -2.44. The Morgan fingerprint density at radius 1 is 1.17 bits per heavy atom. The predicted molar refractivity (Wildman–Crippen MR) is 114 cm³/mol. The summed E-state index contributed by atoms with van der Waals surface area (Å²) in [5.74, 6) is -0.675. The number of halogens is 1. The van der Waals surface area contributed by atoms with Gasteiger partial charge in [-0.2, -0.15) is 16.5 Å². The van der Waals surface area contributed by atoms with Gasteiger partial charge in [-0.1, -0.05) is 12.1 Å². The van der Waals surface area contributed by atoms with E-state index in [1.54, 1.807) is 32.0 Å². The van der Waals surface area contributed by atoms with Gasteiger partial charge >= 0.3 is 0 Å². The summed E-state index contributed by atoms with van der Waals surface area (Å²) >= 11 is 1.47. The Morgan fingerprint density at radius 2 is 1.87 bits per heavy atom. The molecule has 1 aliphatic rings. The zero-order valence-electron chi connectivity index (χ0n) is 16.8. The SMILES string of the molecule is CSCCC(NS(=O)(=O)c1ccccc1F)C(=O)Nc1ccc2c(c1)OC(C)(C)O2. The number of hydrogen-bond donors (Lipinski definition) is 2. The van der Waals surface area contributed by atoms with Crippen molar-refractivity contribution in [2.24, 2.45) is 0 Å². The fourth-order valence-electron chi connectivity index (χ4n) is 2.92. The van der Waals surface area contributed by atoms with Crippen molar-refractivity contribution >= 4 is 33.4 Å². The maximum atomic E-state index is 14.0. The first-order valence-corrected chi connectivity index (χ1v) is 12.1. The molecule has 3 rings (SSSR count). The molecule has 162 valence electrons. The third kappa shape index (κ3) is 5.24. The van der Waals surface area contributed by atoms with Crippen molar-refractivity contribution in [1.29, 1.82) is 0 Å². The van der Waals surface area contributed by atoms with E-state index in [4.69, 9.17) is 9.47 Å². The number of anilines is 1. The third-order valence-electron chi connectivity index (χ3n) is 4.27. The van der Waals surface area contributed by atoms with Gasteiger partial charge in [0, 0.05) is 25.6 Å². The van der Waals surface area contributed by atoms with Crippen LogP contribution in [-0.4, -0.2) is 38.2 Å². The summed E-state index contributed by atoms with van der Waals surface area (Å²) in [6, 6.07) is 8.86. The number of carbonyl (C=O) groups is 1. The van der Waals surface area contributed by atoms with Crippen LogP contribution in [0.15, 0.2) is 47.4 Å². The minimum Gasteiger partial charge on any atom is -0.449 e. The van der Waals surface area contributed by atoms with E-state index < -0.39 is 38.5 Å². The summed E-state index contributed by atoms with van der Waals surface area (Å²) < 4.78 is 52.8. The number of sulfonamides is 1. The molecule has 0 aromatic heterocycles. The lowest BCUT2D eigenvalue weighted by Gasteiger charge is -2.18. The lowest BCUT2D eigenvalue weighted by atomic mass is 10.2. The van der Waals surface area contributed by atoms with Crippen LogP contribution in [0.25, 0.3) is 0 Å². The summed E-state index contributed by atoms with van der Waals surface area (Å²) in [4.78, 5) is 12.3. The highest BCUT2D eigenvalue weighted by Gasteiger charge is 2.32. The first kappa shape index (κ1) is 22.4. The fraction of sp³-hybridized carbons (Fsp3) is 0.350. The van der Waals surface area contributed by atoms with Crippen LogP contribution in [0.3, 0.4) is 0 Å². The number of hydrogen-bond acceptors (Lipinski definition) is 6. The summed E-state index contributed by atoms with van der Waals surface area (Å²) in [6.45, 7) is 3.53. The van der Waals surface area contributed by atoms with Crippen LogP contribution in [0.2, 0.25) is 0 Å². The summed E-state index contributed by atoms with van der Waals surface area (Å²) in [5.41, 5.74) is 0.430. The van der Waals surface area contributed by atoms with Crippen molar-refractivity contribution in [3.63, 3.8) is 0 Å². The maximum absolute atomic E-state index is 14.0. The molecule has 1 aliphatic heterocycles. The van der Waals surface area contributed by atoms with Gasteiger partial charge in [0.2, 0.25) is 21.7 Å². The Labute approximate surface area is 179 Å². The molecule has 0 radical (unpaired) electrons. The molecule has 0 spiro atoms. The molecule has 0 saturated heterocycles. The van der Waals surface area contributed by atoms with Crippen molar-refractivity contribution < 1.29 is 27.1 Å². The number of ether oxygens (including phenoxy) is 2. The van der Waals surface area contributed by atoms with Gasteiger partial charge in [0.25, 0.3) is 0 Å². The number of benzene rings is 2. The van der Waals surface area contributed by atoms with Gasteiger partial charge in [-0.3, -0.25) is 4.79 Å². The normalized spacial score (nSPS) is 15.6. The molecular formula is C20H23FN2O5S2. The number of carbonyl (C=O) groups excluding carboxylic acids is 1. The van der Waals surface area contributed by atoms with Gasteiger partial charge < -0.3 is 14.8 Å². The minimum atomic E-state index is -4.22. The smallest absolute Gasteiger partial charge is 0.246 e. The highest BCUT2D eigenvalue weighted by Crippen LogP contribution is 2.40. The number of nitrogens with one attached hydrogen (secondary N) is 2. The van der Waals surface area contributed by atoms with Gasteiger partial charge in [-0.05, 0) is 42.7 Å². The van der Waals surface area contributed by atoms with E-state index in [0.29, 0.717) is 22.9 Å². The third-order valence-corrected chi connectivity index (χ3v) is 6.42. The molecule has 0 bridgehead atoms. The molecular weight excluding hydrogens is 431 g/mol. The van der Waals surface area contributed by atoms with Gasteiger partial charge in [-0.15, -0.1) is 0 Å². The first-order valence-electron chi connectivity index (χ1n) is 9.20. The van der Waals surface area contributed by atoms with Crippen molar-refractivity contribution in [1.82, 2.24) is 4.72 Å². The molecule has 1 amide bonds. The van der Waals surface area contributed by atoms with E-state index in [1.165, 1.54) is 23.9 Å². The van der Waals surface area contributed by atoms with Crippen LogP contribution in [0.1, 0.15) is 20.3 Å². The molecule has 7 nitrogen and oxygen atoms in total. The second-order valence-electron chi connectivity index (χ2n) is 7.14. The number of rotatable bonds is 8. The highest BCUT2D eigenvalue weighted by atomic mass is 32.2. The van der Waals surface area contributed by atoms with E-state index in [-0.39, 0.29) is 6.42 Å². The van der Waals surface area contributed by atoms with E-state index >= 15 is 0 Å². The fourth-order valence-corrected chi connectivity index (χ4v) is 4.70. The van der Waals surface area contributed by atoms with Crippen LogP contribution < -0.4 is 19.5 Å². The lowest BCUT2D eigenvalue weighted by molar-refractivity contribution is -0.117. The Hall–Kier alpha value is -2.30. The van der Waals surface area contributed by atoms with E-state index in [9.17, 15) is 17.6 Å². The van der Waals surface area contributed by atoms with Crippen molar-refractivity contribution in [2.75, 3.05) is 17.3 Å². The Kier molecular flexibility index (Phi) is 6.59. The van der Waals surface area contributed by atoms with Crippen molar-refractivity contribution in [3.8, 4) is 11.5 Å². The molecule has 1 heterocycles. The largest absolute Gasteiger partial charge is 0.449 e. The average molecular weight is 455 g/mol. The molecule has 0 saturated carbocycles. The second kappa shape index (κ2) is 8.83. The molecule has 1 unspecified atom stereocenters.